The van der Waals surface area contributed by atoms with E-state index in [-0.39, 0.29) is 17.6 Å². The highest BCUT2D eigenvalue weighted by Crippen LogP contribution is 2.21. The van der Waals surface area contributed by atoms with E-state index in [9.17, 15) is 18.7 Å². The first kappa shape index (κ1) is 18.1. The lowest BCUT2D eigenvalue weighted by molar-refractivity contribution is -0.116. The molecule has 22 heavy (non-hydrogen) atoms. The number of nitrogens with one attached hydrogen (secondary N) is 1. The monoisotopic (exact) mass is 313 g/mol. The molecule has 6 heteroatoms. The number of carbonyl (C=O) groups is 1. The number of hydrogen-bond acceptors (Lipinski definition) is 3. The third kappa shape index (κ3) is 7.17. The van der Waals surface area contributed by atoms with Gasteiger partial charge in [-0.15, -0.1) is 0 Å². The summed E-state index contributed by atoms with van der Waals surface area (Å²) in [6.45, 7) is 1.13. The van der Waals surface area contributed by atoms with Crippen molar-refractivity contribution in [2.45, 2.75) is 33.0 Å². The summed E-state index contributed by atoms with van der Waals surface area (Å²) in [6.07, 6.45) is 2.87. The number of aliphatic hydroxyl groups is 1. The Balaban J connectivity index is 2.55. The molecule has 2 unspecified atom stereocenters. The van der Waals surface area contributed by atoms with Crippen molar-refractivity contribution in [2.24, 2.45) is 5.92 Å². The average Bonchev–Trinajstić information content (AvgIpc) is 2.43. The van der Waals surface area contributed by atoms with Crippen LogP contribution in [0.2, 0.25) is 0 Å². The van der Waals surface area contributed by atoms with E-state index in [0.29, 0.717) is 18.5 Å². The van der Waals surface area contributed by atoms with Crippen molar-refractivity contribution in [3.63, 3.8) is 0 Å². The number of amides is 1. The van der Waals surface area contributed by atoms with Gasteiger partial charge in [-0.1, -0.05) is 25.1 Å². The van der Waals surface area contributed by atoms with E-state index < -0.39 is 12.7 Å². The van der Waals surface area contributed by atoms with Crippen molar-refractivity contribution in [3.8, 4) is 5.75 Å². The normalized spacial score (nSPS) is 14.1. The second-order valence-electron chi connectivity index (χ2n) is 5.18. The molecule has 2 atom stereocenters. The lowest BCUT2D eigenvalue weighted by Crippen LogP contribution is -2.28. The molecule has 4 nitrogen and oxygen atoms in total. The van der Waals surface area contributed by atoms with E-state index in [1.807, 2.05) is 6.92 Å². The van der Waals surface area contributed by atoms with Crippen LogP contribution in [0.5, 0.6) is 5.75 Å². The number of para-hydroxylation sites is 1. The van der Waals surface area contributed by atoms with Gasteiger partial charge in [-0.2, -0.15) is 8.78 Å². The van der Waals surface area contributed by atoms with Gasteiger partial charge < -0.3 is 15.2 Å². The molecule has 1 amide bonds. The first-order valence-electron chi connectivity index (χ1n) is 7.06. The highest BCUT2D eigenvalue weighted by molar-refractivity contribution is 5.92. The molecule has 1 aromatic carbocycles. The number of aliphatic hydroxyl groups excluding tert-OH is 1. The smallest absolute Gasteiger partial charge is 0.387 e. The second-order valence-corrected chi connectivity index (χ2v) is 5.18. The Morgan fingerprint density at radius 3 is 2.68 bits per heavy atom. The summed E-state index contributed by atoms with van der Waals surface area (Å²) < 4.78 is 28.9. The van der Waals surface area contributed by atoms with Crippen LogP contribution in [0.3, 0.4) is 0 Å². The molecule has 0 fully saturated rings. The van der Waals surface area contributed by atoms with Gasteiger partial charge in [-0.25, -0.2) is 0 Å². The van der Waals surface area contributed by atoms with E-state index >= 15 is 0 Å². The van der Waals surface area contributed by atoms with Crippen LogP contribution in [0.15, 0.2) is 30.3 Å². The molecule has 0 saturated carbocycles. The molecular weight excluding hydrogens is 292 g/mol. The highest BCUT2D eigenvalue weighted by Gasteiger charge is 2.09. The molecule has 0 bridgehead atoms. The van der Waals surface area contributed by atoms with Crippen LogP contribution in [0, 0.1) is 5.92 Å². The number of carbonyl (C=O) groups excluding carboxylic acids is 1. The molecule has 0 radical (unpaired) electrons. The minimum absolute atomic E-state index is 0.0176. The lowest BCUT2D eigenvalue weighted by Gasteiger charge is -2.13. The van der Waals surface area contributed by atoms with Crippen molar-refractivity contribution >= 4 is 12.0 Å². The minimum atomic E-state index is -2.91. The van der Waals surface area contributed by atoms with Gasteiger partial charge in [-0.3, -0.25) is 4.79 Å². The minimum Gasteiger partial charge on any atom is -0.434 e. The number of hydrogen-bond donors (Lipinski definition) is 2. The predicted octanol–water partition coefficient (Wildman–Crippen LogP) is 2.82. The maximum Gasteiger partial charge on any atom is 0.387 e. The zero-order valence-corrected chi connectivity index (χ0v) is 12.6. The van der Waals surface area contributed by atoms with Crippen molar-refractivity contribution in [2.75, 3.05) is 6.54 Å². The van der Waals surface area contributed by atoms with Gasteiger partial charge in [0.25, 0.3) is 0 Å². The van der Waals surface area contributed by atoms with Crippen molar-refractivity contribution in [3.05, 3.63) is 35.9 Å². The maximum absolute atomic E-state index is 12.3. The van der Waals surface area contributed by atoms with Gasteiger partial charge in [0, 0.05) is 18.2 Å². The fourth-order valence-corrected chi connectivity index (χ4v) is 1.99. The third-order valence-electron chi connectivity index (χ3n) is 2.92. The summed E-state index contributed by atoms with van der Waals surface area (Å²) >= 11 is 0. The van der Waals surface area contributed by atoms with Crippen LogP contribution in [-0.2, 0) is 4.79 Å². The summed E-state index contributed by atoms with van der Waals surface area (Å²) in [5.74, 6) is -0.167. The summed E-state index contributed by atoms with van der Waals surface area (Å²) in [4.78, 5) is 11.7. The quantitative estimate of drug-likeness (QED) is 0.726. The zero-order chi connectivity index (χ0) is 16.5. The standard InChI is InChI=1S/C16H21F2NO3/c1-11(9-12(2)20)10-19-15(21)8-7-13-5-3-4-6-14(13)22-16(17)18/h3-8,11-12,16,20H,9-10H2,1-2H3,(H,19,21). The Hall–Kier alpha value is -1.95. The van der Waals surface area contributed by atoms with E-state index in [1.54, 1.807) is 25.1 Å². The SMILES string of the molecule is CC(O)CC(C)CNC(=O)C=Cc1ccccc1OC(F)F. The summed E-state index contributed by atoms with van der Waals surface area (Å²) in [6, 6.07) is 6.24. The van der Waals surface area contributed by atoms with E-state index in [1.165, 1.54) is 18.2 Å². The topological polar surface area (TPSA) is 58.6 Å². The van der Waals surface area contributed by atoms with Crippen LogP contribution in [0.25, 0.3) is 6.08 Å². The molecule has 0 aliphatic heterocycles. The molecule has 0 aromatic heterocycles. The molecule has 1 aromatic rings. The van der Waals surface area contributed by atoms with Gasteiger partial charge in [-0.05, 0) is 31.4 Å². The van der Waals surface area contributed by atoms with Crippen LogP contribution < -0.4 is 10.1 Å². The van der Waals surface area contributed by atoms with Crippen LogP contribution in [-0.4, -0.2) is 30.3 Å². The molecule has 0 spiro atoms. The summed E-state index contributed by atoms with van der Waals surface area (Å²) in [5, 5.41) is 11.9. The number of benzene rings is 1. The molecule has 0 saturated heterocycles. The number of alkyl halides is 2. The predicted molar refractivity (Wildman–Crippen MR) is 80.6 cm³/mol. The summed E-state index contributed by atoms with van der Waals surface area (Å²) in [7, 11) is 0. The highest BCUT2D eigenvalue weighted by atomic mass is 19.3. The van der Waals surface area contributed by atoms with E-state index in [2.05, 4.69) is 10.1 Å². The van der Waals surface area contributed by atoms with Crippen molar-refractivity contribution in [1.29, 1.82) is 0 Å². The molecule has 122 valence electrons. The maximum atomic E-state index is 12.3. The third-order valence-corrected chi connectivity index (χ3v) is 2.92. The molecule has 0 heterocycles. The number of ether oxygens (including phenoxy) is 1. The van der Waals surface area contributed by atoms with Crippen LogP contribution in [0.4, 0.5) is 8.78 Å². The van der Waals surface area contributed by atoms with Gasteiger partial charge in [0.05, 0.1) is 6.10 Å². The molecule has 0 aliphatic rings. The first-order valence-corrected chi connectivity index (χ1v) is 7.06. The van der Waals surface area contributed by atoms with E-state index in [4.69, 9.17) is 0 Å². The van der Waals surface area contributed by atoms with Crippen LogP contribution in [0.1, 0.15) is 25.8 Å². The second kappa shape index (κ2) is 9.15. The van der Waals surface area contributed by atoms with Gasteiger partial charge in [0.1, 0.15) is 5.75 Å². The first-order chi connectivity index (χ1) is 10.4. The fourth-order valence-electron chi connectivity index (χ4n) is 1.99. The largest absolute Gasteiger partial charge is 0.434 e. The van der Waals surface area contributed by atoms with Crippen molar-refractivity contribution in [1.82, 2.24) is 5.32 Å². The Kier molecular flexibility index (Phi) is 7.52. The Labute approximate surface area is 128 Å². The average molecular weight is 313 g/mol. The van der Waals surface area contributed by atoms with Gasteiger partial charge in [0.15, 0.2) is 0 Å². The van der Waals surface area contributed by atoms with Gasteiger partial charge >= 0.3 is 6.61 Å². The van der Waals surface area contributed by atoms with Crippen LogP contribution >= 0.6 is 0 Å². The van der Waals surface area contributed by atoms with Crippen molar-refractivity contribution < 1.29 is 23.4 Å². The fraction of sp³-hybridized carbons (Fsp3) is 0.438. The van der Waals surface area contributed by atoms with Gasteiger partial charge in [0.2, 0.25) is 5.91 Å². The lowest BCUT2D eigenvalue weighted by atomic mass is 10.0. The van der Waals surface area contributed by atoms with E-state index in [0.717, 1.165) is 0 Å². The number of rotatable bonds is 8. The molecular formula is C16H21F2NO3. The molecule has 2 N–H and O–H groups in total. The Morgan fingerprint density at radius 2 is 2.05 bits per heavy atom. The number of halogens is 2. The zero-order valence-electron chi connectivity index (χ0n) is 12.6. The summed E-state index contributed by atoms with van der Waals surface area (Å²) in [5.41, 5.74) is 0.398. The Morgan fingerprint density at radius 1 is 1.36 bits per heavy atom. The Bertz CT molecular complexity index is 504. The molecule has 0 aliphatic carbocycles. The molecule has 1 rings (SSSR count).